The average Bonchev–Trinajstić information content (AvgIpc) is 1.66. The van der Waals surface area contributed by atoms with Gasteiger partial charge in [0.1, 0.15) is 0 Å². The Kier molecular flexibility index (Phi) is 5.00. The molecule has 0 saturated carbocycles. The molecule has 0 bridgehead atoms. The van der Waals surface area contributed by atoms with Crippen molar-refractivity contribution in [3.8, 4) is 0 Å². The number of nitrogens with two attached hydrogens (primary N) is 1. The molecule has 0 aromatic rings. The van der Waals surface area contributed by atoms with Gasteiger partial charge in [-0.3, -0.25) is 4.79 Å². The largest absolute Gasteiger partial charge is 0.360 e. The highest BCUT2D eigenvalue weighted by atomic mass is 33.1. The maximum absolute atomic E-state index is 10.0. The van der Waals surface area contributed by atoms with Crippen LogP contribution in [-0.4, -0.2) is 11.0 Å². The number of hydrogen-bond acceptors (Lipinski definition) is 3. The summed E-state index contributed by atoms with van der Waals surface area (Å²) in [6.45, 7) is 3.47. The van der Waals surface area contributed by atoms with Crippen LogP contribution in [0.4, 0.5) is 4.79 Å². The van der Waals surface area contributed by atoms with Gasteiger partial charge in [-0.15, -0.1) is 6.58 Å². The zero-order chi connectivity index (χ0) is 6.41. The van der Waals surface area contributed by atoms with E-state index in [2.05, 4.69) is 6.58 Å². The lowest BCUT2D eigenvalue weighted by atomic mass is 10.8. The van der Waals surface area contributed by atoms with Crippen molar-refractivity contribution in [1.82, 2.24) is 0 Å². The summed E-state index contributed by atoms with van der Waals surface area (Å²) in [5, 5.41) is -0.350. The van der Waals surface area contributed by atoms with Crippen LogP contribution >= 0.6 is 21.6 Å². The summed E-state index contributed by atoms with van der Waals surface area (Å²) in [4.78, 5) is 10.0. The van der Waals surface area contributed by atoms with E-state index in [0.29, 0.717) is 0 Å². The van der Waals surface area contributed by atoms with Crippen molar-refractivity contribution in [2.75, 3.05) is 5.75 Å². The van der Waals surface area contributed by atoms with Crippen LogP contribution in [0.25, 0.3) is 0 Å². The second-order valence-corrected chi connectivity index (χ2v) is 3.32. The Balaban J connectivity index is 2.93. The monoisotopic (exact) mass is 149 g/mol. The van der Waals surface area contributed by atoms with Gasteiger partial charge in [-0.1, -0.05) is 16.9 Å². The van der Waals surface area contributed by atoms with Gasteiger partial charge in [0.15, 0.2) is 0 Å². The first-order valence-electron chi connectivity index (χ1n) is 1.97. The van der Waals surface area contributed by atoms with E-state index in [9.17, 15) is 4.79 Å². The van der Waals surface area contributed by atoms with E-state index in [1.165, 1.54) is 10.8 Å². The van der Waals surface area contributed by atoms with E-state index in [4.69, 9.17) is 5.73 Å². The maximum atomic E-state index is 10.0. The number of primary amides is 1. The van der Waals surface area contributed by atoms with E-state index in [1.807, 2.05) is 0 Å². The molecule has 0 atom stereocenters. The molecule has 2 N–H and O–H groups in total. The fourth-order valence-electron chi connectivity index (χ4n) is 0.140. The predicted molar refractivity (Wildman–Crippen MR) is 39.8 cm³/mol. The molecule has 0 unspecified atom stereocenters. The first kappa shape index (κ1) is 7.91. The second kappa shape index (κ2) is 5.05. The molecule has 4 heteroatoms. The number of carbonyl (C=O) groups is 1. The molecule has 0 saturated heterocycles. The molecule has 0 aromatic heterocycles. The molecule has 0 fully saturated rings. The van der Waals surface area contributed by atoms with E-state index in [1.54, 1.807) is 6.08 Å². The summed E-state index contributed by atoms with van der Waals surface area (Å²) >= 11 is 0. The second-order valence-electron chi connectivity index (χ2n) is 0.976. The van der Waals surface area contributed by atoms with Gasteiger partial charge in [0.25, 0.3) is 5.24 Å². The number of rotatable bonds is 3. The zero-order valence-corrected chi connectivity index (χ0v) is 5.93. The molecule has 0 aliphatic heterocycles. The molecule has 8 heavy (non-hydrogen) atoms. The lowest BCUT2D eigenvalue weighted by Gasteiger charge is -1.87. The summed E-state index contributed by atoms with van der Waals surface area (Å²) in [7, 11) is 2.43. The highest BCUT2D eigenvalue weighted by Crippen LogP contribution is 2.19. The Labute approximate surface area is 56.3 Å². The van der Waals surface area contributed by atoms with Gasteiger partial charge in [-0.2, -0.15) is 0 Å². The average molecular weight is 149 g/mol. The Hall–Kier alpha value is -0.0900. The molecular weight excluding hydrogens is 142 g/mol. The topological polar surface area (TPSA) is 43.1 Å². The Morgan fingerprint density at radius 3 is 2.88 bits per heavy atom. The minimum Gasteiger partial charge on any atom is -0.360 e. The van der Waals surface area contributed by atoms with E-state index in [-0.39, 0.29) is 5.24 Å². The van der Waals surface area contributed by atoms with Crippen LogP contribution in [0.1, 0.15) is 0 Å². The first-order valence-corrected chi connectivity index (χ1v) is 4.29. The van der Waals surface area contributed by atoms with Crippen LogP contribution in [0.15, 0.2) is 12.7 Å². The number of hydrogen-bond donors (Lipinski definition) is 1. The Bertz CT molecular complexity index is 94.0. The van der Waals surface area contributed by atoms with Gasteiger partial charge in [0.05, 0.1) is 0 Å². The first-order chi connectivity index (χ1) is 3.77. The zero-order valence-electron chi connectivity index (χ0n) is 4.29. The third-order valence-electron chi connectivity index (χ3n) is 0.327. The third-order valence-corrected chi connectivity index (χ3v) is 2.24. The molecular formula is C4H7NOS2. The van der Waals surface area contributed by atoms with Gasteiger partial charge in [0, 0.05) is 16.5 Å². The summed E-state index contributed by atoms with van der Waals surface area (Å²) < 4.78 is 0. The van der Waals surface area contributed by atoms with E-state index in [0.717, 1.165) is 16.5 Å². The van der Waals surface area contributed by atoms with E-state index < -0.39 is 0 Å². The van der Waals surface area contributed by atoms with Crippen molar-refractivity contribution >= 4 is 26.8 Å². The minimum absolute atomic E-state index is 0.350. The number of carbonyl (C=O) groups excluding carboxylic acids is 1. The van der Waals surface area contributed by atoms with E-state index >= 15 is 0 Å². The summed E-state index contributed by atoms with van der Waals surface area (Å²) in [6.07, 6.45) is 1.72. The molecule has 0 aliphatic rings. The Morgan fingerprint density at radius 1 is 1.88 bits per heavy atom. The highest BCUT2D eigenvalue weighted by Gasteiger charge is 1.90. The predicted octanol–water partition coefficient (Wildman–Crippen LogP) is 1.63. The standard InChI is InChI=1S/C4H7NOS2/c1-2-3-7-8-4(5)6/h2H,1,3H2,(H2,5,6). The van der Waals surface area contributed by atoms with Crippen LogP contribution in [0, 0.1) is 0 Å². The molecule has 0 aliphatic carbocycles. The molecule has 46 valence electrons. The normalized spacial score (nSPS) is 8.50. The van der Waals surface area contributed by atoms with Crippen LogP contribution in [-0.2, 0) is 0 Å². The van der Waals surface area contributed by atoms with Gasteiger partial charge in [0.2, 0.25) is 0 Å². The Morgan fingerprint density at radius 2 is 2.50 bits per heavy atom. The quantitative estimate of drug-likeness (QED) is 0.377. The molecule has 2 nitrogen and oxygen atoms in total. The molecule has 0 radical (unpaired) electrons. The molecule has 1 amide bonds. The molecule has 0 aromatic carbocycles. The van der Waals surface area contributed by atoms with Crippen molar-refractivity contribution in [1.29, 1.82) is 0 Å². The SMILES string of the molecule is C=CCSSC(N)=O. The maximum Gasteiger partial charge on any atom is 0.287 e. The summed E-state index contributed by atoms with van der Waals surface area (Å²) in [6, 6.07) is 0. The smallest absolute Gasteiger partial charge is 0.287 e. The van der Waals surface area contributed by atoms with Crippen LogP contribution in [0.5, 0.6) is 0 Å². The minimum atomic E-state index is -0.350. The van der Waals surface area contributed by atoms with Gasteiger partial charge in [-0.25, -0.2) is 0 Å². The van der Waals surface area contributed by atoms with Gasteiger partial charge < -0.3 is 5.73 Å². The van der Waals surface area contributed by atoms with Crippen molar-refractivity contribution in [2.45, 2.75) is 0 Å². The van der Waals surface area contributed by atoms with Crippen LogP contribution in [0.3, 0.4) is 0 Å². The fourth-order valence-corrected chi connectivity index (χ4v) is 1.26. The third kappa shape index (κ3) is 5.91. The van der Waals surface area contributed by atoms with Gasteiger partial charge >= 0.3 is 0 Å². The van der Waals surface area contributed by atoms with Crippen molar-refractivity contribution in [2.24, 2.45) is 5.73 Å². The lowest BCUT2D eigenvalue weighted by Crippen LogP contribution is -1.99. The number of amides is 1. The molecule has 0 heterocycles. The van der Waals surface area contributed by atoms with Crippen LogP contribution < -0.4 is 5.73 Å². The molecule has 0 spiro atoms. The van der Waals surface area contributed by atoms with Crippen molar-refractivity contribution in [3.05, 3.63) is 12.7 Å². The lowest BCUT2D eigenvalue weighted by molar-refractivity contribution is 0.267. The summed E-state index contributed by atoms with van der Waals surface area (Å²) in [5.74, 6) is 0.758. The summed E-state index contributed by atoms with van der Waals surface area (Å²) in [5.41, 5.74) is 4.80. The molecule has 0 rings (SSSR count). The van der Waals surface area contributed by atoms with Crippen molar-refractivity contribution < 1.29 is 4.79 Å². The van der Waals surface area contributed by atoms with Crippen LogP contribution in [0.2, 0.25) is 0 Å². The van der Waals surface area contributed by atoms with Crippen molar-refractivity contribution in [3.63, 3.8) is 0 Å². The fraction of sp³-hybridized carbons (Fsp3) is 0.250. The highest BCUT2D eigenvalue weighted by molar-refractivity contribution is 8.82. The van der Waals surface area contributed by atoms with Gasteiger partial charge in [-0.05, 0) is 0 Å².